The Bertz CT molecular complexity index is 1070. The molecule has 2 aromatic heterocycles. The van der Waals surface area contributed by atoms with Crippen LogP contribution in [0.5, 0.6) is 11.5 Å². The van der Waals surface area contributed by atoms with Gasteiger partial charge < -0.3 is 24.2 Å². The fraction of sp³-hybridized carbons (Fsp3) is 0.455. The first-order valence-electron chi connectivity index (χ1n) is 10.4. The summed E-state index contributed by atoms with van der Waals surface area (Å²) in [6.07, 6.45) is 3.93. The normalized spacial score (nSPS) is 16.4. The minimum Gasteiger partial charge on any atom is -0.497 e. The first kappa shape index (κ1) is 20.9. The van der Waals surface area contributed by atoms with Gasteiger partial charge in [-0.25, -0.2) is 4.98 Å². The van der Waals surface area contributed by atoms with E-state index in [0.717, 1.165) is 53.3 Å². The number of aromatic nitrogens is 3. The number of hydrogen-bond acceptors (Lipinski definition) is 8. The topological polar surface area (TPSA) is 103 Å². The minimum atomic E-state index is -0.100. The van der Waals surface area contributed by atoms with Crippen molar-refractivity contribution in [3.63, 3.8) is 0 Å². The number of nitrogens with zero attached hydrogens (tertiary/aromatic N) is 4. The summed E-state index contributed by atoms with van der Waals surface area (Å²) in [7, 11) is 3.26. The summed E-state index contributed by atoms with van der Waals surface area (Å²) in [5.41, 5.74) is 2.26. The second-order valence-electron chi connectivity index (χ2n) is 7.65. The predicted octanol–water partition coefficient (Wildman–Crippen LogP) is 2.52. The van der Waals surface area contributed by atoms with Crippen LogP contribution >= 0.6 is 0 Å². The van der Waals surface area contributed by atoms with E-state index in [1.165, 1.54) is 6.33 Å². The third-order valence-electron chi connectivity index (χ3n) is 5.70. The number of aryl methyl sites for hydroxylation is 1. The van der Waals surface area contributed by atoms with Gasteiger partial charge in [-0.05, 0) is 37.8 Å². The van der Waals surface area contributed by atoms with E-state index in [1.807, 2.05) is 25.1 Å². The van der Waals surface area contributed by atoms with Gasteiger partial charge >= 0.3 is 0 Å². The van der Waals surface area contributed by atoms with Crippen molar-refractivity contribution in [1.82, 2.24) is 20.4 Å². The number of methoxy groups -OCH3 is 2. The average molecular weight is 425 g/mol. The molecule has 0 aliphatic carbocycles. The number of benzene rings is 1. The van der Waals surface area contributed by atoms with Gasteiger partial charge in [-0.2, -0.15) is 4.98 Å². The third-order valence-corrected chi connectivity index (χ3v) is 5.70. The van der Waals surface area contributed by atoms with E-state index in [4.69, 9.17) is 14.0 Å². The standard InChI is InChI=1S/C22H27N5O4/c1-14-19-20(24-13-25-22(19)31-26-14)27-10-4-5-16(12-27)21(28)23-9-8-15-6-7-17(29-2)11-18(15)30-3/h6-7,11,13,16H,4-5,8-10,12H2,1-3H3,(H,23,28). The first-order chi connectivity index (χ1) is 15.1. The molecule has 1 fully saturated rings. The molecule has 0 saturated carbocycles. The van der Waals surface area contributed by atoms with Gasteiger partial charge in [-0.1, -0.05) is 11.2 Å². The number of piperidine rings is 1. The molecule has 0 spiro atoms. The van der Waals surface area contributed by atoms with Crippen LogP contribution in [-0.4, -0.2) is 54.9 Å². The number of amides is 1. The fourth-order valence-electron chi connectivity index (χ4n) is 4.05. The van der Waals surface area contributed by atoms with Crippen molar-refractivity contribution < 1.29 is 18.8 Å². The Balaban J connectivity index is 1.38. The Kier molecular flexibility index (Phi) is 6.20. The minimum absolute atomic E-state index is 0.0597. The van der Waals surface area contributed by atoms with Crippen molar-refractivity contribution >= 4 is 22.8 Å². The summed E-state index contributed by atoms with van der Waals surface area (Å²) < 4.78 is 15.9. The van der Waals surface area contributed by atoms with E-state index in [2.05, 4.69) is 25.3 Å². The quantitative estimate of drug-likeness (QED) is 0.616. The molecule has 1 amide bonds. The van der Waals surface area contributed by atoms with Crippen LogP contribution in [0.15, 0.2) is 29.0 Å². The first-order valence-corrected chi connectivity index (χ1v) is 10.4. The molecule has 1 N–H and O–H groups in total. The molecule has 1 aromatic carbocycles. The van der Waals surface area contributed by atoms with Crippen molar-refractivity contribution in [2.45, 2.75) is 26.2 Å². The molecular weight excluding hydrogens is 398 g/mol. The number of fused-ring (bicyclic) bond motifs is 1. The van der Waals surface area contributed by atoms with E-state index in [9.17, 15) is 4.79 Å². The molecule has 9 heteroatoms. The Labute approximate surface area is 180 Å². The smallest absolute Gasteiger partial charge is 0.263 e. The highest BCUT2D eigenvalue weighted by atomic mass is 16.5. The fourth-order valence-corrected chi connectivity index (χ4v) is 4.05. The highest BCUT2D eigenvalue weighted by Crippen LogP contribution is 2.29. The number of carbonyl (C=O) groups is 1. The largest absolute Gasteiger partial charge is 0.497 e. The van der Waals surface area contributed by atoms with E-state index < -0.39 is 0 Å². The lowest BCUT2D eigenvalue weighted by atomic mass is 9.96. The molecular formula is C22H27N5O4. The zero-order valence-corrected chi connectivity index (χ0v) is 18.1. The maximum absolute atomic E-state index is 12.8. The molecule has 3 aromatic rings. The van der Waals surface area contributed by atoms with Gasteiger partial charge in [-0.3, -0.25) is 4.79 Å². The molecule has 9 nitrogen and oxygen atoms in total. The Hall–Kier alpha value is -3.36. The van der Waals surface area contributed by atoms with Crippen LogP contribution in [0.25, 0.3) is 11.1 Å². The molecule has 1 aliphatic heterocycles. The molecule has 164 valence electrons. The second-order valence-corrected chi connectivity index (χ2v) is 7.65. The second kappa shape index (κ2) is 9.20. The SMILES string of the molecule is COc1ccc(CCNC(=O)C2CCCN(c3ncnc4onc(C)c34)C2)c(OC)c1. The van der Waals surface area contributed by atoms with Crippen LogP contribution in [0.4, 0.5) is 5.82 Å². The molecule has 1 unspecified atom stereocenters. The maximum atomic E-state index is 12.8. The molecule has 0 radical (unpaired) electrons. The van der Waals surface area contributed by atoms with Crippen molar-refractivity contribution in [1.29, 1.82) is 0 Å². The number of anilines is 1. The maximum Gasteiger partial charge on any atom is 0.263 e. The number of rotatable bonds is 7. The molecule has 3 heterocycles. The molecule has 1 saturated heterocycles. The lowest BCUT2D eigenvalue weighted by molar-refractivity contribution is -0.125. The molecule has 1 atom stereocenters. The summed E-state index contributed by atoms with van der Waals surface area (Å²) >= 11 is 0. The zero-order valence-electron chi connectivity index (χ0n) is 18.1. The number of nitrogens with one attached hydrogen (secondary N) is 1. The van der Waals surface area contributed by atoms with E-state index in [0.29, 0.717) is 25.2 Å². The highest BCUT2D eigenvalue weighted by molar-refractivity contribution is 5.88. The van der Waals surface area contributed by atoms with Crippen molar-refractivity contribution in [2.75, 3.05) is 38.8 Å². The van der Waals surface area contributed by atoms with Crippen molar-refractivity contribution in [3.8, 4) is 11.5 Å². The lowest BCUT2D eigenvalue weighted by Gasteiger charge is -2.33. The van der Waals surface area contributed by atoms with E-state index in [1.54, 1.807) is 14.2 Å². The predicted molar refractivity (Wildman–Crippen MR) is 116 cm³/mol. The Morgan fingerprint density at radius 2 is 2.16 bits per heavy atom. The summed E-state index contributed by atoms with van der Waals surface area (Å²) in [5, 5.41) is 7.89. The zero-order chi connectivity index (χ0) is 21.8. The highest BCUT2D eigenvalue weighted by Gasteiger charge is 2.28. The van der Waals surface area contributed by atoms with Gasteiger partial charge in [0, 0.05) is 25.7 Å². The van der Waals surface area contributed by atoms with Gasteiger partial charge in [0.2, 0.25) is 5.91 Å². The van der Waals surface area contributed by atoms with Crippen LogP contribution in [-0.2, 0) is 11.2 Å². The van der Waals surface area contributed by atoms with E-state index >= 15 is 0 Å². The van der Waals surface area contributed by atoms with Gasteiger partial charge in [-0.15, -0.1) is 0 Å². The Morgan fingerprint density at radius 3 is 2.97 bits per heavy atom. The molecule has 4 rings (SSSR count). The number of hydrogen-bond donors (Lipinski definition) is 1. The molecule has 31 heavy (non-hydrogen) atoms. The Morgan fingerprint density at radius 1 is 1.29 bits per heavy atom. The summed E-state index contributed by atoms with van der Waals surface area (Å²) in [5.74, 6) is 2.24. The van der Waals surface area contributed by atoms with Gasteiger partial charge in [0.25, 0.3) is 5.71 Å². The van der Waals surface area contributed by atoms with Crippen LogP contribution in [0, 0.1) is 12.8 Å². The van der Waals surface area contributed by atoms with Crippen LogP contribution < -0.4 is 19.7 Å². The monoisotopic (exact) mass is 425 g/mol. The van der Waals surface area contributed by atoms with Crippen LogP contribution in [0.1, 0.15) is 24.1 Å². The van der Waals surface area contributed by atoms with Crippen molar-refractivity contribution in [3.05, 3.63) is 35.8 Å². The lowest BCUT2D eigenvalue weighted by Crippen LogP contribution is -2.43. The molecule has 1 aliphatic rings. The van der Waals surface area contributed by atoms with Gasteiger partial charge in [0.1, 0.15) is 29.0 Å². The average Bonchev–Trinajstić information content (AvgIpc) is 3.20. The van der Waals surface area contributed by atoms with Crippen LogP contribution in [0.2, 0.25) is 0 Å². The van der Waals surface area contributed by atoms with Gasteiger partial charge in [0.15, 0.2) is 0 Å². The van der Waals surface area contributed by atoms with Crippen molar-refractivity contribution in [2.24, 2.45) is 5.92 Å². The van der Waals surface area contributed by atoms with Crippen LogP contribution in [0.3, 0.4) is 0 Å². The van der Waals surface area contributed by atoms with Gasteiger partial charge in [0.05, 0.1) is 25.8 Å². The summed E-state index contributed by atoms with van der Waals surface area (Å²) in [6.45, 7) is 3.86. The van der Waals surface area contributed by atoms with E-state index in [-0.39, 0.29) is 11.8 Å². The summed E-state index contributed by atoms with van der Waals surface area (Å²) in [6, 6.07) is 5.72. The molecule has 0 bridgehead atoms. The number of carbonyl (C=O) groups excluding carboxylic acids is 1. The number of ether oxygens (including phenoxy) is 2. The summed E-state index contributed by atoms with van der Waals surface area (Å²) in [4.78, 5) is 23.6. The third kappa shape index (κ3) is 4.40.